The zero-order valence-corrected chi connectivity index (χ0v) is 14.0. The molecular formula is C14H16F2N6O5. The fraction of sp³-hybridized carbons (Fsp3) is 0.286. The highest BCUT2D eigenvalue weighted by atomic mass is 19.2. The van der Waals surface area contributed by atoms with Crippen LogP contribution in [0.3, 0.4) is 0 Å². The minimum atomic E-state index is -1.12. The first kappa shape index (κ1) is 20.2. The monoisotopic (exact) mass is 386 g/mol. The van der Waals surface area contributed by atoms with Crippen LogP contribution in [0.4, 0.5) is 20.3 Å². The average Bonchev–Trinajstić information content (AvgIpc) is 3.13. The summed E-state index contributed by atoms with van der Waals surface area (Å²) in [5.74, 6) is -3.11. The van der Waals surface area contributed by atoms with E-state index in [1.807, 2.05) is 0 Å². The predicted molar refractivity (Wildman–Crippen MR) is 86.0 cm³/mol. The lowest BCUT2D eigenvalue weighted by molar-refractivity contribution is -0.142. The molecule has 0 saturated carbocycles. The third-order valence-corrected chi connectivity index (χ3v) is 3.17. The van der Waals surface area contributed by atoms with Crippen molar-refractivity contribution in [3.63, 3.8) is 0 Å². The summed E-state index contributed by atoms with van der Waals surface area (Å²) >= 11 is 0. The molecule has 1 heterocycles. The molecule has 0 amide bonds. The minimum absolute atomic E-state index is 0.00473. The van der Waals surface area contributed by atoms with Gasteiger partial charge in [0.1, 0.15) is 6.04 Å². The zero-order valence-electron chi connectivity index (χ0n) is 14.0. The molecule has 1 aromatic carbocycles. The highest BCUT2D eigenvalue weighted by Gasteiger charge is 2.18. The molecule has 1 atom stereocenters. The van der Waals surface area contributed by atoms with E-state index >= 15 is 0 Å². The molecule has 2 aromatic rings. The Labute approximate surface area is 151 Å². The van der Waals surface area contributed by atoms with Crippen LogP contribution in [-0.4, -0.2) is 47.1 Å². The first-order chi connectivity index (χ1) is 13.0. The molecule has 1 unspecified atom stereocenters. The van der Waals surface area contributed by atoms with E-state index in [0.29, 0.717) is 0 Å². The number of aromatic nitrogens is 2. The molecule has 0 aliphatic rings. The maximum atomic E-state index is 13.3. The Morgan fingerprint density at radius 3 is 2.85 bits per heavy atom. The van der Waals surface area contributed by atoms with Crippen molar-refractivity contribution < 1.29 is 33.0 Å². The van der Waals surface area contributed by atoms with Gasteiger partial charge in [-0.3, -0.25) is 20.3 Å². The van der Waals surface area contributed by atoms with Crippen LogP contribution < -0.4 is 16.7 Å². The number of hydrogen-bond donors (Lipinski definition) is 4. The van der Waals surface area contributed by atoms with Gasteiger partial charge in [0.2, 0.25) is 5.82 Å². The number of halogens is 2. The van der Waals surface area contributed by atoms with Crippen molar-refractivity contribution in [3.8, 4) is 0 Å². The number of ether oxygens (including phenoxy) is 1. The van der Waals surface area contributed by atoms with E-state index in [-0.39, 0.29) is 36.1 Å². The summed E-state index contributed by atoms with van der Waals surface area (Å²) in [6.07, 6.45) is 0.147. The van der Waals surface area contributed by atoms with Gasteiger partial charge in [0.15, 0.2) is 23.2 Å². The SMILES string of the molecule is COC(=O)C(N)CCONc1nonc1C(=Nc1ccc(F)c(F)c1)NO. The van der Waals surface area contributed by atoms with Gasteiger partial charge in [0.25, 0.3) is 0 Å². The molecule has 0 saturated heterocycles. The van der Waals surface area contributed by atoms with Crippen molar-refractivity contribution in [2.45, 2.75) is 12.5 Å². The summed E-state index contributed by atoms with van der Waals surface area (Å²) in [6, 6.07) is 2.01. The Morgan fingerprint density at radius 1 is 1.41 bits per heavy atom. The van der Waals surface area contributed by atoms with Crippen molar-refractivity contribution in [1.82, 2.24) is 15.8 Å². The maximum absolute atomic E-state index is 13.3. The molecule has 1 aromatic heterocycles. The Bertz CT molecular complexity index is 815. The predicted octanol–water partition coefficient (Wildman–Crippen LogP) is 0.639. The number of carbonyl (C=O) groups is 1. The molecule has 5 N–H and O–H groups in total. The second-order valence-corrected chi connectivity index (χ2v) is 5.00. The van der Waals surface area contributed by atoms with E-state index in [2.05, 4.69) is 30.2 Å². The quantitative estimate of drug-likeness (QED) is 0.167. The van der Waals surface area contributed by atoms with Gasteiger partial charge in [-0.1, -0.05) is 0 Å². The summed E-state index contributed by atoms with van der Waals surface area (Å²) in [5.41, 5.74) is 9.56. The van der Waals surface area contributed by atoms with Gasteiger partial charge in [-0.25, -0.2) is 23.9 Å². The van der Waals surface area contributed by atoms with Gasteiger partial charge in [-0.05, 0) is 28.9 Å². The normalized spacial score (nSPS) is 12.6. The van der Waals surface area contributed by atoms with E-state index in [9.17, 15) is 18.8 Å². The van der Waals surface area contributed by atoms with E-state index in [1.54, 1.807) is 5.48 Å². The Balaban J connectivity index is 2.04. The van der Waals surface area contributed by atoms with E-state index in [4.69, 9.17) is 10.6 Å². The number of nitrogens with zero attached hydrogens (tertiary/aromatic N) is 3. The first-order valence-electron chi connectivity index (χ1n) is 7.44. The molecular weight excluding hydrogens is 370 g/mol. The third kappa shape index (κ3) is 5.40. The van der Waals surface area contributed by atoms with Gasteiger partial charge in [0.05, 0.1) is 19.4 Å². The summed E-state index contributed by atoms with van der Waals surface area (Å²) < 4.78 is 35.2. The molecule has 11 nitrogen and oxygen atoms in total. The van der Waals surface area contributed by atoms with Crippen molar-refractivity contribution in [2.24, 2.45) is 10.7 Å². The van der Waals surface area contributed by atoms with Crippen molar-refractivity contribution in [2.75, 3.05) is 19.2 Å². The van der Waals surface area contributed by atoms with Crippen LogP contribution in [-0.2, 0) is 14.4 Å². The Morgan fingerprint density at radius 2 is 2.19 bits per heavy atom. The summed E-state index contributed by atoms with van der Waals surface area (Å²) in [4.78, 5) is 20.1. The molecule has 0 aliphatic heterocycles. The number of esters is 1. The number of aliphatic imine (C=N–C) groups is 1. The Kier molecular flexibility index (Phi) is 7.10. The lowest BCUT2D eigenvalue weighted by atomic mass is 10.2. The second kappa shape index (κ2) is 9.51. The molecule has 0 radical (unpaired) electrons. The summed E-state index contributed by atoms with van der Waals surface area (Å²) in [7, 11) is 1.21. The first-order valence-corrected chi connectivity index (χ1v) is 7.44. The number of hydroxylamine groups is 1. The molecule has 27 heavy (non-hydrogen) atoms. The lowest BCUT2D eigenvalue weighted by Gasteiger charge is -2.09. The minimum Gasteiger partial charge on any atom is -0.468 e. The fourth-order valence-corrected chi connectivity index (χ4v) is 1.80. The maximum Gasteiger partial charge on any atom is 0.322 e. The smallest absolute Gasteiger partial charge is 0.322 e. The van der Waals surface area contributed by atoms with Gasteiger partial charge in [-0.15, -0.1) is 0 Å². The second-order valence-electron chi connectivity index (χ2n) is 5.00. The highest BCUT2D eigenvalue weighted by Crippen LogP contribution is 2.18. The Hall–Kier alpha value is -3.16. The number of nitrogens with two attached hydrogens (primary N) is 1. The molecule has 0 spiro atoms. The number of nitrogens with one attached hydrogen (secondary N) is 2. The van der Waals surface area contributed by atoms with Crippen LogP contribution in [0, 0.1) is 11.6 Å². The molecule has 0 aliphatic carbocycles. The number of hydrogen-bond acceptors (Lipinski definition) is 10. The van der Waals surface area contributed by atoms with E-state index < -0.39 is 23.6 Å². The third-order valence-electron chi connectivity index (χ3n) is 3.17. The number of carbonyl (C=O) groups excluding carboxylic acids is 1. The number of anilines is 1. The van der Waals surface area contributed by atoms with Crippen molar-refractivity contribution in [1.29, 1.82) is 0 Å². The molecule has 13 heteroatoms. The lowest BCUT2D eigenvalue weighted by Crippen LogP contribution is -2.33. The average molecular weight is 386 g/mol. The molecule has 146 valence electrons. The van der Waals surface area contributed by atoms with Gasteiger partial charge in [0, 0.05) is 6.07 Å². The summed E-state index contributed by atoms with van der Waals surface area (Å²) in [5, 5.41) is 16.3. The highest BCUT2D eigenvalue weighted by molar-refractivity contribution is 6.01. The van der Waals surface area contributed by atoms with Crippen molar-refractivity contribution in [3.05, 3.63) is 35.5 Å². The number of amidine groups is 1. The topological polar surface area (TPSA) is 157 Å². The van der Waals surface area contributed by atoms with Crippen LogP contribution in [0.15, 0.2) is 27.8 Å². The summed E-state index contributed by atoms with van der Waals surface area (Å²) in [6.45, 7) is 0.00473. The molecule has 2 rings (SSSR count). The van der Waals surface area contributed by atoms with Crippen molar-refractivity contribution >= 4 is 23.3 Å². The van der Waals surface area contributed by atoms with Crippen LogP contribution in [0.5, 0.6) is 0 Å². The van der Waals surface area contributed by atoms with E-state index in [1.165, 1.54) is 13.2 Å². The van der Waals surface area contributed by atoms with Gasteiger partial charge >= 0.3 is 5.97 Å². The molecule has 0 bridgehead atoms. The van der Waals surface area contributed by atoms with Crippen LogP contribution in [0.1, 0.15) is 12.1 Å². The van der Waals surface area contributed by atoms with Gasteiger partial charge in [-0.2, -0.15) is 0 Å². The van der Waals surface area contributed by atoms with Gasteiger partial charge < -0.3 is 10.5 Å². The number of benzene rings is 1. The molecule has 0 fully saturated rings. The van der Waals surface area contributed by atoms with E-state index in [0.717, 1.165) is 12.1 Å². The fourth-order valence-electron chi connectivity index (χ4n) is 1.80. The van der Waals surface area contributed by atoms with Crippen LogP contribution in [0.25, 0.3) is 0 Å². The number of methoxy groups -OCH3 is 1. The number of rotatable bonds is 8. The zero-order chi connectivity index (χ0) is 19.8. The van der Waals surface area contributed by atoms with Crippen LogP contribution >= 0.6 is 0 Å². The standard InChI is InChI=1S/C14H16F2N6O5/c1-25-14(23)10(17)4-5-26-21-13-11(20-27-22-13)12(19-24)18-7-2-3-8(15)9(16)6-7/h2-3,6,10,24H,4-5,17H2,1H3,(H,18,19)(H,21,22). The largest absolute Gasteiger partial charge is 0.468 e. The van der Waals surface area contributed by atoms with Crippen LogP contribution in [0.2, 0.25) is 0 Å².